The summed E-state index contributed by atoms with van der Waals surface area (Å²) in [6, 6.07) is 9.65. The summed E-state index contributed by atoms with van der Waals surface area (Å²) in [4.78, 5) is 36.1. The topological polar surface area (TPSA) is 131 Å². The molecular formula is C24H20Br2N2O7. The number of nitro groups is 1. The highest BCUT2D eigenvalue weighted by molar-refractivity contribution is 9.11. The number of methoxy groups -OCH3 is 1. The number of non-ortho nitro benzene ring substituents is 1. The normalized spacial score (nSPS) is 17.6. The minimum absolute atomic E-state index is 0.0277. The highest BCUT2D eigenvalue weighted by Crippen LogP contribution is 2.47. The van der Waals surface area contributed by atoms with Gasteiger partial charge in [0.2, 0.25) is 5.88 Å². The number of nitrogens with zero attached hydrogens (tertiary/aromatic N) is 1. The van der Waals surface area contributed by atoms with Gasteiger partial charge in [-0.15, -0.1) is 0 Å². The lowest BCUT2D eigenvalue weighted by molar-refractivity contribution is -0.384. The van der Waals surface area contributed by atoms with Crippen LogP contribution >= 0.6 is 31.9 Å². The fourth-order valence-electron chi connectivity index (χ4n) is 4.20. The van der Waals surface area contributed by atoms with Gasteiger partial charge in [0.05, 0.1) is 26.9 Å². The molecule has 9 nitrogen and oxygen atoms in total. The Hall–Kier alpha value is -3.18. The van der Waals surface area contributed by atoms with E-state index in [2.05, 4.69) is 31.9 Å². The van der Waals surface area contributed by atoms with Crippen molar-refractivity contribution in [3.63, 3.8) is 0 Å². The second-order valence-corrected chi connectivity index (χ2v) is 9.66. The Morgan fingerprint density at radius 3 is 2.60 bits per heavy atom. The standard InChI is InChI=1S/C24H20Br2N2O7/c1-33-24(30)21-19(20-17(29)6-3-7-18(20)35-23(21)27)13-9-15(25)22(16(26)10-13)34-11-12-4-2-5-14(8-12)28(31)32/h2,4-5,8-10,19H,3,6-7,11,27H2,1H3/t19-/m1/s1. The molecule has 2 aromatic rings. The molecule has 0 fully saturated rings. The second-order valence-electron chi connectivity index (χ2n) is 7.95. The fourth-order valence-corrected chi connectivity index (χ4v) is 5.65. The highest BCUT2D eigenvalue weighted by Gasteiger charge is 2.41. The number of carbonyl (C=O) groups excluding carboxylic acids is 2. The molecule has 0 radical (unpaired) electrons. The zero-order valence-corrected chi connectivity index (χ0v) is 21.7. The van der Waals surface area contributed by atoms with Crippen molar-refractivity contribution in [1.82, 2.24) is 0 Å². The fraction of sp³-hybridized carbons (Fsp3) is 0.250. The van der Waals surface area contributed by atoms with E-state index in [4.69, 9.17) is 19.9 Å². The number of hydrogen-bond acceptors (Lipinski definition) is 8. The van der Waals surface area contributed by atoms with Gasteiger partial charge in [-0.2, -0.15) is 0 Å². The smallest absolute Gasteiger partial charge is 0.340 e. The molecular weight excluding hydrogens is 588 g/mol. The predicted octanol–water partition coefficient (Wildman–Crippen LogP) is 5.16. The lowest BCUT2D eigenvalue weighted by Gasteiger charge is -2.32. The van der Waals surface area contributed by atoms with Gasteiger partial charge < -0.3 is 19.9 Å². The van der Waals surface area contributed by atoms with Crippen LogP contribution < -0.4 is 10.5 Å². The third kappa shape index (κ3) is 4.96. The molecule has 2 aromatic carbocycles. The molecule has 182 valence electrons. The average molecular weight is 608 g/mol. The molecule has 0 spiro atoms. The van der Waals surface area contributed by atoms with Gasteiger partial charge in [-0.1, -0.05) is 12.1 Å². The Labute approximate surface area is 217 Å². The van der Waals surface area contributed by atoms with Crippen LogP contribution in [0, 0.1) is 10.1 Å². The van der Waals surface area contributed by atoms with E-state index in [0.29, 0.717) is 56.4 Å². The quantitative estimate of drug-likeness (QED) is 0.270. The van der Waals surface area contributed by atoms with E-state index in [0.717, 1.165) is 0 Å². The molecule has 0 unspecified atom stereocenters. The van der Waals surface area contributed by atoms with Crippen molar-refractivity contribution in [3.8, 4) is 5.75 Å². The van der Waals surface area contributed by atoms with Crippen molar-refractivity contribution in [2.24, 2.45) is 5.73 Å². The molecule has 0 saturated heterocycles. The number of ketones is 1. The van der Waals surface area contributed by atoms with Crippen molar-refractivity contribution in [3.05, 3.63) is 89.4 Å². The van der Waals surface area contributed by atoms with Crippen LogP contribution in [0.3, 0.4) is 0 Å². The molecule has 0 saturated carbocycles. The number of halogens is 2. The van der Waals surface area contributed by atoms with Crippen molar-refractivity contribution < 1.29 is 28.7 Å². The summed E-state index contributed by atoms with van der Waals surface area (Å²) >= 11 is 7.02. The van der Waals surface area contributed by atoms with Gasteiger partial charge in [-0.05, 0) is 61.5 Å². The molecule has 1 heterocycles. The van der Waals surface area contributed by atoms with Gasteiger partial charge in [-0.25, -0.2) is 4.79 Å². The van der Waals surface area contributed by atoms with Gasteiger partial charge in [0.1, 0.15) is 23.7 Å². The molecule has 4 rings (SSSR count). The molecule has 35 heavy (non-hydrogen) atoms. The highest BCUT2D eigenvalue weighted by atomic mass is 79.9. The maximum absolute atomic E-state index is 12.9. The van der Waals surface area contributed by atoms with Crippen LogP contribution in [-0.2, 0) is 25.7 Å². The van der Waals surface area contributed by atoms with Gasteiger partial charge in [-0.3, -0.25) is 14.9 Å². The minimum Gasteiger partial charge on any atom is -0.487 e. The molecule has 0 aromatic heterocycles. The van der Waals surface area contributed by atoms with E-state index < -0.39 is 16.8 Å². The van der Waals surface area contributed by atoms with Crippen LogP contribution in [0.5, 0.6) is 5.75 Å². The first kappa shape index (κ1) is 24.9. The SMILES string of the molecule is COC(=O)C1=C(N)OC2=C(C(=O)CCC2)[C@H]1c1cc(Br)c(OCc2cccc([N+](=O)[O-])c2)c(Br)c1. The summed E-state index contributed by atoms with van der Waals surface area (Å²) < 4.78 is 17.6. The Balaban J connectivity index is 1.71. The van der Waals surface area contributed by atoms with Crippen LogP contribution in [0.15, 0.2) is 68.1 Å². The van der Waals surface area contributed by atoms with Gasteiger partial charge >= 0.3 is 5.97 Å². The number of carbonyl (C=O) groups is 2. The Bertz CT molecular complexity index is 1280. The Morgan fingerprint density at radius 2 is 1.94 bits per heavy atom. The van der Waals surface area contributed by atoms with Crippen LogP contribution in [0.2, 0.25) is 0 Å². The monoisotopic (exact) mass is 606 g/mol. The lowest BCUT2D eigenvalue weighted by atomic mass is 9.77. The largest absolute Gasteiger partial charge is 0.487 e. The van der Waals surface area contributed by atoms with E-state index in [9.17, 15) is 19.7 Å². The number of allylic oxidation sites excluding steroid dienone is 2. The van der Waals surface area contributed by atoms with Crippen molar-refractivity contribution >= 4 is 49.3 Å². The van der Waals surface area contributed by atoms with E-state index in [1.54, 1.807) is 24.3 Å². The first-order valence-electron chi connectivity index (χ1n) is 10.6. The molecule has 0 bridgehead atoms. The number of ether oxygens (including phenoxy) is 3. The van der Waals surface area contributed by atoms with Crippen molar-refractivity contribution in [2.45, 2.75) is 31.8 Å². The summed E-state index contributed by atoms with van der Waals surface area (Å²) in [5, 5.41) is 11.0. The van der Waals surface area contributed by atoms with Gasteiger partial charge in [0, 0.05) is 30.5 Å². The number of nitrogens with two attached hydrogens (primary N) is 1. The minimum atomic E-state index is -0.766. The molecule has 11 heteroatoms. The molecule has 0 amide bonds. The van der Waals surface area contributed by atoms with E-state index in [1.165, 1.54) is 19.2 Å². The van der Waals surface area contributed by atoms with Crippen LogP contribution in [0.4, 0.5) is 5.69 Å². The predicted molar refractivity (Wildman–Crippen MR) is 132 cm³/mol. The van der Waals surface area contributed by atoms with Gasteiger partial charge in [0.25, 0.3) is 5.69 Å². The number of hydrogen-bond donors (Lipinski definition) is 1. The van der Waals surface area contributed by atoms with Crippen LogP contribution in [-0.4, -0.2) is 23.8 Å². The maximum atomic E-state index is 12.9. The first-order valence-corrected chi connectivity index (χ1v) is 12.2. The summed E-state index contributed by atoms with van der Waals surface area (Å²) in [6.07, 6.45) is 1.53. The third-order valence-electron chi connectivity index (χ3n) is 5.75. The van der Waals surface area contributed by atoms with Crippen molar-refractivity contribution in [1.29, 1.82) is 0 Å². The summed E-state index contributed by atoms with van der Waals surface area (Å²) in [7, 11) is 1.24. The molecule has 1 aliphatic heterocycles. The number of benzene rings is 2. The summed E-state index contributed by atoms with van der Waals surface area (Å²) in [6.45, 7) is 0.0868. The molecule has 2 aliphatic rings. The van der Waals surface area contributed by atoms with E-state index >= 15 is 0 Å². The van der Waals surface area contributed by atoms with E-state index in [1.807, 2.05) is 0 Å². The second kappa shape index (κ2) is 10.2. The lowest BCUT2D eigenvalue weighted by Crippen LogP contribution is -2.31. The maximum Gasteiger partial charge on any atom is 0.340 e. The third-order valence-corrected chi connectivity index (χ3v) is 6.93. The number of rotatable bonds is 6. The molecule has 2 N–H and O–H groups in total. The number of esters is 1. The molecule has 1 aliphatic carbocycles. The number of Topliss-reactive ketones (excluding diaryl/α,β-unsaturated/α-hetero) is 1. The number of nitro benzene ring substituents is 1. The zero-order valence-electron chi connectivity index (χ0n) is 18.5. The average Bonchev–Trinajstić information content (AvgIpc) is 2.82. The van der Waals surface area contributed by atoms with Crippen LogP contribution in [0.1, 0.15) is 36.3 Å². The summed E-state index contributed by atoms with van der Waals surface area (Å²) in [5.74, 6) is -0.729. The molecule has 1 atom stereocenters. The van der Waals surface area contributed by atoms with Crippen molar-refractivity contribution in [2.75, 3.05) is 7.11 Å². The first-order chi connectivity index (χ1) is 16.7. The summed E-state index contributed by atoms with van der Waals surface area (Å²) in [5.41, 5.74) is 7.77. The Morgan fingerprint density at radius 1 is 1.23 bits per heavy atom. The van der Waals surface area contributed by atoms with Crippen LogP contribution in [0.25, 0.3) is 0 Å². The Kier molecular flexibility index (Phi) is 7.27. The zero-order chi connectivity index (χ0) is 25.3. The van der Waals surface area contributed by atoms with E-state index in [-0.39, 0.29) is 29.5 Å². The van der Waals surface area contributed by atoms with Gasteiger partial charge in [0.15, 0.2) is 5.78 Å².